The number of nitrogens with zero attached hydrogens (tertiary/aromatic N) is 2. The van der Waals surface area contributed by atoms with Gasteiger partial charge in [-0.15, -0.1) is 0 Å². The van der Waals surface area contributed by atoms with Crippen LogP contribution in [0.4, 0.5) is 0 Å². The smallest absolute Gasteiger partial charge is 0.185 e. The summed E-state index contributed by atoms with van der Waals surface area (Å²) in [5, 5.41) is 0. The molecule has 0 fully saturated rings. The van der Waals surface area contributed by atoms with Crippen molar-refractivity contribution in [2.75, 3.05) is 0 Å². The van der Waals surface area contributed by atoms with Crippen LogP contribution in [0, 0.1) is 0 Å². The lowest BCUT2D eigenvalue weighted by atomic mass is 10.0. The number of hydrogen-bond acceptors (Lipinski definition) is 3. The highest BCUT2D eigenvalue weighted by atomic mass is 16.1. The third-order valence-electron chi connectivity index (χ3n) is 3.24. The molecule has 0 aliphatic carbocycles. The first-order valence-electron chi connectivity index (χ1n) is 6.98. The van der Waals surface area contributed by atoms with Gasteiger partial charge in [-0.2, -0.15) is 0 Å². The van der Waals surface area contributed by atoms with Gasteiger partial charge in [-0.05, 0) is 17.7 Å². The van der Waals surface area contributed by atoms with Gasteiger partial charge in [-0.1, -0.05) is 60.7 Å². The molecule has 1 aromatic heterocycles. The molecule has 3 heteroatoms. The van der Waals surface area contributed by atoms with E-state index in [1.807, 2.05) is 42.5 Å². The maximum Gasteiger partial charge on any atom is 0.185 e. The molecule has 0 amide bonds. The van der Waals surface area contributed by atoms with Crippen molar-refractivity contribution in [1.29, 1.82) is 0 Å². The summed E-state index contributed by atoms with van der Waals surface area (Å²) in [6.07, 6.45) is 6.80. The molecule has 2 aromatic carbocycles. The third-order valence-corrected chi connectivity index (χ3v) is 3.24. The summed E-state index contributed by atoms with van der Waals surface area (Å²) in [6.45, 7) is 0. The molecule has 3 rings (SSSR count). The van der Waals surface area contributed by atoms with Crippen molar-refractivity contribution in [2.45, 2.75) is 0 Å². The summed E-state index contributed by atoms with van der Waals surface area (Å²) in [6, 6.07) is 18.7. The van der Waals surface area contributed by atoms with Gasteiger partial charge in [0.1, 0.15) is 0 Å². The zero-order valence-corrected chi connectivity index (χ0v) is 11.9. The number of benzene rings is 2. The number of hydrogen-bond donors (Lipinski definition) is 0. The minimum Gasteiger partial charge on any atom is -0.289 e. The van der Waals surface area contributed by atoms with Crippen LogP contribution in [0.25, 0.3) is 17.5 Å². The number of rotatable bonds is 4. The Kier molecular flexibility index (Phi) is 4.16. The van der Waals surface area contributed by atoms with Crippen molar-refractivity contribution < 1.29 is 4.79 Å². The minimum absolute atomic E-state index is 0.0237. The molecule has 0 aliphatic heterocycles. The van der Waals surface area contributed by atoms with E-state index in [4.69, 9.17) is 0 Å². The van der Waals surface area contributed by atoms with E-state index >= 15 is 0 Å². The molecule has 0 spiro atoms. The standard InChI is InChI=1S/C19H14N2O/c22-18(16-8-2-1-3-9-16)12-11-15-7-4-5-10-17(15)19-20-13-6-14-21-19/h1-14H. The van der Waals surface area contributed by atoms with Gasteiger partial charge in [0.05, 0.1) is 0 Å². The number of aromatic nitrogens is 2. The molecular formula is C19H14N2O. The number of ketones is 1. The summed E-state index contributed by atoms with van der Waals surface area (Å²) in [4.78, 5) is 20.7. The molecule has 3 nitrogen and oxygen atoms in total. The Morgan fingerprint density at radius 3 is 2.27 bits per heavy atom. The number of allylic oxidation sites excluding steroid dienone is 1. The highest BCUT2D eigenvalue weighted by Gasteiger charge is 2.05. The van der Waals surface area contributed by atoms with Crippen LogP contribution in [-0.2, 0) is 0 Å². The second-order valence-corrected chi connectivity index (χ2v) is 4.72. The van der Waals surface area contributed by atoms with Gasteiger partial charge in [0, 0.05) is 23.5 Å². The van der Waals surface area contributed by atoms with E-state index < -0.39 is 0 Å². The lowest BCUT2D eigenvalue weighted by Gasteiger charge is -2.03. The third kappa shape index (κ3) is 3.15. The van der Waals surface area contributed by atoms with Crippen molar-refractivity contribution in [3.8, 4) is 11.4 Å². The highest BCUT2D eigenvalue weighted by Crippen LogP contribution is 2.20. The van der Waals surface area contributed by atoms with Gasteiger partial charge in [0.2, 0.25) is 0 Å². The average Bonchev–Trinajstić information content (AvgIpc) is 2.61. The maximum absolute atomic E-state index is 12.1. The van der Waals surface area contributed by atoms with Crippen LogP contribution in [0.2, 0.25) is 0 Å². The van der Waals surface area contributed by atoms with Crippen LogP contribution in [0.15, 0.2) is 79.1 Å². The molecule has 0 atom stereocenters. The lowest BCUT2D eigenvalue weighted by Crippen LogP contribution is -1.94. The molecule has 0 unspecified atom stereocenters. The number of carbonyl (C=O) groups is 1. The van der Waals surface area contributed by atoms with E-state index in [-0.39, 0.29) is 5.78 Å². The van der Waals surface area contributed by atoms with E-state index in [0.29, 0.717) is 11.4 Å². The Hall–Kier alpha value is -3.07. The summed E-state index contributed by atoms with van der Waals surface area (Å²) >= 11 is 0. The summed E-state index contributed by atoms with van der Waals surface area (Å²) in [5.41, 5.74) is 2.49. The van der Waals surface area contributed by atoms with E-state index in [0.717, 1.165) is 11.1 Å². The summed E-state index contributed by atoms with van der Waals surface area (Å²) in [7, 11) is 0. The fraction of sp³-hybridized carbons (Fsp3) is 0. The number of carbonyl (C=O) groups excluding carboxylic acids is 1. The average molecular weight is 286 g/mol. The summed E-state index contributed by atoms with van der Waals surface area (Å²) in [5.74, 6) is 0.624. The Morgan fingerprint density at radius 2 is 1.50 bits per heavy atom. The predicted octanol–water partition coefficient (Wildman–Crippen LogP) is 4.04. The summed E-state index contributed by atoms with van der Waals surface area (Å²) < 4.78 is 0. The van der Waals surface area contributed by atoms with Crippen molar-refractivity contribution in [1.82, 2.24) is 9.97 Å². The second-order valence-electron chi connectivity index (χ2n) is 4.72. The normalized spacial score (nSPS) is 10.7. The zero-order chi connectivity index (χ0) is 15.2. The van der Waals surface area contributed by atoms with Crippen LogP contribution < -0.4 is 0 Å². The SMILES string of the molecule is O=C(C=Cc1ccccc1-c1ncccn1)c1ccccc1. The molecule has 106 valence electrons. The Bertz CT molecular complexity index is 796. The van der Waals surface area contributed by atoms with Crippen molar-refractivity contribution >= 4 is 11.9 Å². The minimum atomic E-state index is -0.0237. The maximum atomic E-state index is 12.1. The Balaban J connectivity index is 1.90. The second kappa shape index (κ2) is 6.59. The molecular weight excluding hydrogens is 272 g/mol. The molecule has 0 radical (unpaired) electrons. The Labute approximate surface area is 129 Å². The molecule has 0 N–H and O–H groups in total. The topological polar surface area (TPSA) is 42.9 Å². The van der Waals surface area contributed by atoms with Gasteiger partial charge in [0.25, 0.3) is 0 Å². The van der Waals surface area contributed by atoms with E-state index in [1.165, 1.54) is 0 Å². The van der Waals surface area contributed by atoms with Crippen molar-refractivity contribution in [3.63, 3.8) is 0 Å². The van der Waals surface area contributed by atoms with E-state index in [2.05, 4.69) is 9.97 Å². The van der Waals surface area contributed by atoms with Gasteiger partial charge in [-0.25, -0.2) is 9.97 Å². The molecule has 0 saturated heterocycles. The molecule has 22 heavy (non-hydrogen) atoms. The molecule has 0 saturated carbocycles. The van der Waals surface area contributed by atoms with Crippen LogP contribution in [0.3, 0.4) is 0 Å². The molecule has 0 aliphatic rings. The fourth-order valence-electron chi connectivity index (χ4n) is 2.15. The van der Waals surface area contributed by atoms with Gasteiger partial charge < -0.3 is 0 Å². The van der Waals surface area contributed by atoms with Gasteiger partial charge >= 0.3 is 0 Å². The van der Waals surface area contributed by atoms with Crippen LogP contribution in [0.1, 0.15) is 15.9 Å². The van der Waals surface area contributed by atoms with E-state index in [9.17, 15) is 4.79 Å². The first-order valence-corrected chi connectivity index (χ1v) is 6.98. The van der Waals surface area contributed by atoms with Crippen molar-refractivity contribution in [2.24, 2.45) is 0 Å². The van der Waals surface area contributed by atoms with Crippen LogP contribution >= 0.6 is 0 Å². The fourth-order valence-corrected chi connectivity index (χ4v) is 2.15. The quantitative estimate of drug-likeness (QED) is 0.537. The van der Waals surface area contributed by atoms with Crippen LogP contribution in [-0.4, -0.2) is 15.8 Å². The largest absolute Gasteiger partial charge is 0.289 e. The molecule has 1 heterocycles. The molecule has 0 bridgehead atoms. The first kappa shape index (κ1) is 13.9. The van der Waals surface area contributed by atoms with Crippen LogP contribution in [0.5, 0.6) is 0 Å². The zero-order valence-electron chi connectivity index (χ0n) is 11.9. The van der Waals surface area contributed by atoms with E-state index in [1.54, 1.807) is 42.7 Å². The Morgan fingerprint density at radius 1 is 0.818 bits per heavy atom. The molecule has 3 aromatic rings. The van der Waals surface area contributed by atoms with Crippen molar-refractivity contribution in [3.05, 3.63) is 90.3 Å². The monoisotopic (exact) mass is 286 g/mol. The first-order chi connectivity index (χ1) is 10.8. The lowest BCUT2D eigenvalue weighted by molar-refractivity contribution is 0.104. The highest BCUT2D eigenvalue weighted by molar-refractivity contribution is 6.07. The predicted molar refractivity (Wildman–Crippen MR) is 87.3 cm³/mol. The van der Waals surface area contributed by atoms with Gasteiger partial charge in [-0.3, -0.25) is 4.79 Å². The van der Waals surface area contributed by atoms with Gasteiger partial charge in [0.15, 0.2) is 11.6 Å².